The first kappa shape index (κ1) is 6.76. The minimum absolute atomic E-state index is 0.110. The Hall–Kier alpha value is 0.759. The molecule has 0 atom stereocenters. The minimum atomic E-state index is 0.110. The van der Waals surface area contributed by atoms with Gasteiger partial charge in [-0.2, -0.15) is 0 Å². The second-order valence-electron chi connectivity index (χ2n) is 1.25. The molecular formula is C4H11NSn+2. The molecule has 0 saturated carbocycles. The van der Waals surface area contributed by atoms with Gasteiger partial charge in [0.05, 0.1) is 0 Å². The molecule has 0 spiro atoms. The van der Waals surface area contributed by atoms with Gasteiger partial charge in [-0.1, -0.05) is 0 Å². The standard InChI is InChI=1S/C3H8N.CH3.Sn/c1-2-3-4;;/h1-4H2;1H3;/q;;+2. The Bertz CT molecular complexity index is 19.5. The fourth-order valence-electron chi connectivity index (χ4n) is 0.279. The predicted octanol–water partition coefficient (Wildman–Crippen LogP) is 0.506. The Balaban J connectivity index is 2.34. The maximum absolute atomic E-state index is 5.24. The third-order valence-electron chi connectivity index (χ3n) is 0.631. The van der Waals surface area contributed by atoms with Gasteiger partial charge in [0.2, 0.25) is 0 Å². The van der Waals surface area contributed by atoms with Gasteiger partial charge in [-0.3, -0.25) is 0 Å². The first-order valence-electron chi connectivity index (χ1n) is 2.26. The average Bonchev–Trinajstić information content (AvgIpc) is 1.61. The third kappa shape index (κ3) is 4.76. The van der Waals surface area contributed by atoms with Gasteiger partial charge in [-0.05, 0) is 0 Å². The SMILES string of the molecule is [CH3][Sn+2][CH2]CCN. The van der Waals surface area contributed by atoms with Gasteiger partial charge in [0.15, 0.2) is 0 Å². The van der Waals surface area contributed by atoms with Crippen molar-refractivity contribution in [3.8, 4) is 0 Å². The summed E-state index contributed by atoms with van der Waals surface area (Å²) in [5.41, 5.74) is 5.24. The summed E-state index contributed by atoms with van der Waals surface area (Å²) in [6.07, 6.45) is 1.27. The van der Waals surface area contributed by atoms with E-state index in [1.54, 1.807) is 0 Å². The topological polar surface area (TPSA) is 26.0 Å². The zero-order valence-corrected chi connectivity index (χ0v) is 7.05. The molecule has 2 N–H and O–H groups in total. The molecule has 0 radical (unpaired) electrons. The van der Waals surface area contributed by atoms with Crippen LogP contribution in [0.25, 0.3) is 0 Å². The van der Waals surface area contributed by atoms with Gasteiger partial charge < -0.3 is 0 Å². The summed E-state index contributed by atoms with van der Waals surface area (Å²) in [7, 11) is 0. The Kier molecular flexibility index (Phi) is 6.49. The number of rotatable bonds is 3. The predicted molar refractivity (Wildman–Crippen MR) is 30.1 cm³/mol. The van der Waals surface area contributed by atoms with Crippen molar-refractivity contribution in [1.29, 1.82) is 0 Å². The van der Waals surface area contributed by atoms with Crippen LogP contribution in [-0.2, 0) is 0 Å². The van der Waals surface area contributed by atoms with E-state index >= 15 is 0 Å². The van der Waals surface area contributed by atoms with Crippen molar-refractivity contribution >= 4 is 21.1 Å². The van der Waals surface area contributed by atoms with Crippen molar-refractivity contribution < 1.29 is 0 Å². The number of nitrogens with two attached hydrogens (primary N) is 1. The molecule has 0 aliphatic rings. The van der Waals surface area contributed by atoms with Gasteiger partial charge in [0.25, 0.3) is 0 Å². The Labute approximate surface area is 49.5 Å². The van der Waals surface area contributed by atoms with Crippen molar-refractivity contribution in [2.45, 2.75) is 15.8 Å². The molecule has 0 saturated heterocycles. The molecule has 0 unspecified atom stereocenters. The second-order valence-corrected chi connectivity index (χ2v) is 4.69. The molecule has 6 heavy (non-hydrogen) atoms. The van der Waals surface area contributed by atoms with E-state index in [2.05, 4.69) is 4.94 Å². The molecule has 0 fully saturated rings. The van der Waals surface area contributed by atoms with Gasteiger partial charge in [-0.15, -0.1) is 0 Å². The molecule has 0 aromatic carbocycles. The fraction of sp³-hybridized carbons (Fsp3) is 1.00. The van der Waals surface area contributed by atoms with Crippen LogP contribution in [-0.4, -0.2) is 27.7 Å². The van der Waals surface area contributed by atoms with Gasteiger partial charge in [0, 0.05) is 0 Å². The summed E-state index contributed by atoms with van der Waals surface area (Å²) < 4.78 is 1.46. The molecule has 0 heterocycles. The fourth-order valence-corrected chi connectivity index (χ4v) is 1.87. The summed E-state index contributed by atoms with van der Waals surface area (Å²) >= 11 is 0.110. The normalized spacial score (nSPS) is 7.67. The molecule has 34 valence electrons. The molecule has 0 aliphatic carbocycles. The molecule has 2 heteroatoms. The first-order valence-corrected chi connectivity index (χ1v) is 7.13. The number of hydrogen-bond acceptors (Lipinski definition) is 1. The average molecular weight is 192 g/mol. The maximum atomic E-state index is 5.24. The first-order chi connectivity index (χ1) is 2.91. The van der Waals surface area contributed by atoms with E-state index in [0.29, 0.717) is 0 Å². The molecular weight excluding hydrogens is 181 g/mol. The van der Waals surface area contributed by atoms with Crippen LogP contribution in [0.2, 0.25) is 9.38 Å². The van der Waals surface area contributed by atoms with Gasteiger partial charge in [0.1, 0.15) is 0 Å². The van der Waals surface area contributed by atoms with Gasteiger partial charge in [-0.25, -0.2) is 0 Å². The second kappa shape index (κ2) is 5.76. The number of hydrogen-bond donors (Lipinski definition) is 1. The summed E-state index contributed by atoms with van der Waals surface area (Å²) in [5, 5.41) is 0. The molecule has 1 nitrogen and oxygen atoms in total. The van der Waals surface area contributed by atoms with Crippen LogP contribution in [0.3, 0.4) is 0 Å². The Morgan fingerprint density at radius 3 is 2.50 bits per heavy atom. The van der Waals surface area contributed by atoms with Crippen molar-refractivity contribution in [3.05, 3.63) is 0 Å². The molecule has 0 aromatic heterocycles. The van der Waals surface area contributed by atoms with E-state index in [9.17, 15) is 0 Å². The van der Waals surface area contributed by atoms with E-state index in [1.165, 1.54) is 10.9 Å². The van der Waals surface area contributed by atoms with Crippen LogP contribution in [0.1, 0.15) is 6.42 Å². The van der Waals surface area contributed by atoms with E-state index in [4.69, 9.17) is 5.73 Å². The van der Waals surface area contributed by atoms with Crippen LogP contribution in [0, 0.1) is 0 Å². The zero-order chi connectivity index (χ0) is 4.83. The van der Waals surface area contributed by atoms with Crippen LogP contribution in [0.5, 0.6) is 0 Å². The van der Waals surface area contributed by atoms with Crippen LogP contribution in [0.15, 0.2) is 0 Å². The molecule has 0 aliphatic heterocycles. The van der Waals surface area contributed by atoms with Crippen molar-refractivity contribution in [3.63, 3.8) is 0 Å². The molecule has 0 aromatic rings. The van der Waals surface area contributed by atoms with E-state index in [0.717, 1.165) is 6.54 Å². The van der Waals surface area contributed by atoms with E-state index < -0.39 is 0 Å². The third-order valence-corrected chi connectivity index (χ3v) is 3.07. The van der Waals surface area contributed by atoms with Gasteiger partial charge >= 0.3 is 49.2 Å². The van der Waals surface area contributed by atoms with E-state index in [-0.39, 0.29) is 21.1 Å². The summed E-state index contributed by atoms with van der Waals surface area (Å²) in [5.74, 6) is 0. The summed E-state index contributed by atoms with van der Waals surface area (Å²) in [4.78, 5) is 2.35. The quantitative estimate of drug-likeness (QED) is 0.511. The summed E-state index contributed by atoms with van der Waals surface area (Å²) in [6, 6.07) is 0. The van der Waals surface area contributed by atoms with Crippen molar-refractivity contribution in [1.82, 2.24) is 0 Å². The van der Waals surface area contributed by atoms with Crippen LogP contribution in [0.4, 0.5) is 0 Å². The van der Waals surface area contributed by atoms with Crippen LogP contribution >= 0.6 is 0 Å². The molecule has 0 bridgehead atoms. The summed E-state index contributed by atoms with van der Waals surface area (Å²) in [6.45, 7) is 0.898. The Morgan fingerprint density at radius 1 is 1.67 bits per heavy atom. The zero-order valence-electron chi connectivity index (χ0n) is 4.20. The van der Waals surface area contributed by atoms with Crippen molar-refractivity contribution in [2.75, 3.05) is 6.54 Å². The monoisotopic (exact) mass is 193 g/mol. The molecule has 0 amide bonds. The van der Waals surface area contributed by atoms with Crippen LogP contribution < -0.4 is 5.73 Å². The Morgan fingerprint density at radius 2 is 2.33 bits per heavy atom. The molecule has 0 rings (SSSR count). The van der Waals surface area contributed by atoms with E-state index in [1.807, 2.05) is 0 Å². The van der Waals surface area contributed by atoms with Crippen molar-refractivity contribution in [2.24, 2.45) is 5.73 Å².